The standard InChI is InChI=1S/C31H44ClN5O7S/c1-30(2,3)44-29(41)34-24-14-8-6-4-5-7-12-22-20-31(22,35-26(38)25-15-10-18-37(25)27(24)39)28(40)36-45(42,43)33-17-16-21-11-9-13-23(32)19-21/h7,9,11-13,19,22,24-25,33H,4-6,8,10,14-18,20H2,1-3H3,(H,34,41)(H,35,38)(H,36,40)/b12-7-/t22-,24-,25-,31+/m0/s1. The minimum Gasteiger partial charge on any atom is -0.444 e. The Morgan fingerprint density at radius 1 is 1.13 bits per heavy atom. The van der Waals surface area contributed by atoms with Gasteiger partial charge in [-0.05, 0) is 83.4 Å². The maximum atomic E-state index is 13.7. The van der Waals surface area contributed by atoms with Crippen molar-refractivity contribution < 1.29 is 32.3 Å². The van der Waals surface area contributed by atoms with Gasteiger partial charge in [-0.1, -0.05) is 48.7 Å². The van der Waals surface area contributed by atoms with Crippen LogP contribution in [0.2, 0.25) is 5.02 Å². The average Bonchev–Trinajstić information content (AvgIpc) is 3.39. The first-order valence-electron chi connectivity index (χ1n) is 15.5. The molecule has 2 aliphatic heterocycles. The zero-order valence-electron chi connectivity index (χ0n) is 26.1. The van der Waals surface area contributed by atoms with Gasteiger partial charge < -0.3 is 20.3 Å². The maximum Gasteiger partial charge on any atom is 0.408 e. The molecule has 4 atom stereocenters. The molecule has 1 aromatic rings. The molecular weight excluding hydrogens is 622 g/mol. The maximum absolute atomic E-state index is 13.7. The van der Waals surface area contributed by atoms with E-state index in [4.69, 9.17) is 16.3 Å². The van der Waals surface area contributed by atoms with E-state index in [9.17, 15) is 27.6 Å². The molecule has 4 N–H and O–H groups in total. The minimum atomic E-state index is -4.24. The third kappa shape index (κ3) is 9.67. The van der Waals surface area contributed by atoms with Crippen LogP contribution in [0.15, 0.2) is 36.4 Å². The fraction of sp³-hybridized carbons (Fsp3) is 0.613. The van der Waals surface area contributed by atoms with E-state index in [-0.39, 0.29) is 18.9 Å². The number of benzene rings is 1. The van der Waals surface area contributed by atoms with Gasteiger partial charge in [0.25, 0.3) is 5.91 Å². The third-order valence-electron chi connectivity index (χ3n) is 8.15. The highest BCUT2D eigenvalue weighted by Crippen LogP contribution is 2.45. The molecule has 1 aliphatic carbocycles. The largest absolute Gasteiger partial charge is 0.444 e. The van der Waals surface area contributed by atoms with Crippen molar-refractivity contribution >= 4 is 45.6 Å². The molecule has 0 unspecified atom stereocenters. The van der Waals surface area contributed by atoms with Crippen molar-refractivity contribution in [2.45, 2.75) is 102 Å². The number of carbonyl (C=O) groups is 4. The molecule has 14 heteroatoms. The van der Waals surface area contributed by atoms with Crippen LogP contribution in [0, 0.1) is 5.92 Å². The Kier molecular flexibility index (Phi) is 11.2. The van der Waals surface area contributed by atoms with Crippen molar-refractivity contribution in [2.75, 3.05) is 13.1 Å². The molecule has 3 aliphatic rings. The number of rotatable bonds is 7. The summed E-state index contributed by atoms with van der Waals surface area (Å²) in [4.78, 5) is 54.9. The lowest BCUT2D eigenvalue weighted by Gasteiger charge is -2.30. The van der Waals surface area contributed by atoms with Gasteiger partial charge in [0.15, 0.2) is 0 Å². The predicted molar refractivity (Wildman–Crippen MR) is 169 cm³/mol. The molecule has 4 rings (SSSR count). The Labute approximate surface area is 270 Å². The fourth-order valence-electron chi connectivity index (χ4n) is 5.81. The van der Waals surface area contributed by atoms with Gasteiger partial charge >= 0.3 is 16.3 Å². The number of nitrogens with zero attached hydrogens (tertiary/aromatic N) is 1. The van der Waals surface area contributed by atoms with Crippen molar-refractivity contribution in [2.24, 2.45) is 5.92 Å². The zero-order chi connectivity index (χ0) is 32.8. The Balaban J connectivity index is 1.47. The molecule has 2 fully saturated rings. The van der Waals surface area contributed by atoms with Crippen LogP contribution in [-0.2, 0) is 35.8 Å². The third-order valence-corrected chi connectivity index (χ3v) is 9.42. The Hall–Kier alpha value is -3.16. The Morgan fingerprint density at radius 2 is 1.91 bits per heavy atom. The van der Waals surface area contributed by atoms with E-state index in [0.717, 1.165) is 18.4 Å². The Morgan fingerprint density at radius 3 is 2.64 bits per heavy atom. The summed E-state index contributed by atoms with van der Waals surface area (Å²) in [5, 5.41) is 6.05. The summed E-state index contributed by atoms with van der Waals surface area (Å²) in [5.41, 5.74) is -1.39. The van der Waals surface area contributed by atoms with E-state index >= 15 is 0 Å². The fourth-order valence-corrected chi connectivity index (χ4v) is 6.90. The highest BCUT2D eigenvalue weighted by atomic mass is 35.5. The highest BCUT2D eigenvalue weighted by molar-refractivity contribution is 7.88. The average molecular weight is 666 g/mol. The van der Waals surface area contributed by atoms with Crippen LogP contribution in [0.1, 0.15) is 77.7 Å². The van der Waals surface area contributed by atoms with Crippen molar-refractivity contribution in [3.8, 4) is 0 Å². The number of hydrogen-bond donors (Lipinski definition) is 4. The van der Waals surface area contributed by atoms with Crippen LogP contribution in [0.5, 0.6) is 0 Å². The zero-order valence-corrected chi connectivity index (χ0v) is 27.6. The molecule has 248 valence electrons. The molecule has 0 aromatic heterocycles. The number of alkyl carbamates (subject to hydrolysis) is 1. The molecular formula is C31H44ClN5O7S. The van der Waals surface area contributed by atoms with E-state index in [1.165, 1.54) is 4.90 Å². The van der Waals surface area contributed by atoms with E-state index in [0.29, 0.717) is 50.1 Å². The van der Waals surface area contributed by atoms with Crippen molar-refractivity contribution in [3.05, 3.63) is 47.0 Å². The molecule has 0 bridgehead atoms. The van der Waals surface area contributed by atoms with Gasteiger partial charge in [-0.15, -0.1) is 0 Å². The topological polar surface area (TPSA) is 163 Å². The normalized spacial score (nSPS) is 26.8. The number of carbonyl (C=O) groups excluding carboxylic acids is 4. The monoisotopic (exact) mass is 665 g/mol. The number of nitrogens with one attached hydrogen (secondary N) is 4. The molecule has 0 spiro atoms. The molecule has 1 saturated carbocycles. The summed E-state index contributed by atoms with van der Waals surface area (Å²) in [6, 6.07) is 5.29. The van der Waals surface area contributed by atoms with Gasteiger partial charge in [-0.25, -0.2) is 9.52 Å². The number of hydrogen-bond acceptors (Lipinski definition) is 7. The Bertz CT molecular complexity index is 1410. The predicted octanol–water partition coefficient (Wildman–Crippen LogP) is 3.11. The smallest absolute Gasteiger partial charge is 0.408 e. The van der Waals surface area contributed by atoms with E-state index in [1.807, 2.05) is 18.2 Å². The van der Waals surface area contributed by atoms with Gasteiger partial charge in [0.05, 0.1) is 0 Å². The van der Waals surface area contributed by atoms with Crippen molar-refractivity contribution in [1.29, 1.82) is 0 Å². The number of amides is 4. The van der Waals surface area contributed by atoms with Crippen molar-refractivity contribution in [3.63, 3.8) is 0 Å². The van der Waals surface area contributed by atoms with Crippen LogP contribution in [0.3, 0.4) is 0 Å². The first kappa shape index (κ1) is 34.7. The van der Waals surface area contributed by atoms with Gasteiger partial charge in [0, 0.05) is 24.0 Å². The van der Waals surface area contributed by atoms with E-state index in [2.05, 4.69) is 20.1 Å². The molecule has 12 nitrogen and oxygen atoms in total. The number of allylic oxidation sites excluding steroid dienone is 1. The lowest BCUT2D eigenvalue weighted by molar-refractivity contribution is -0.141. The van der Waals surface area contributed by atoms with Crippen LogP contribution in [0.25, 0.3) is 0 Å². The van der Waals surface area contributed by atoms with Crippen LogP contribution in [0.4, 0.5) is 4.79 Å². The second-order valence-electron chi connectivity index (χ2n) is 12.9. The van der Waals surface area contributed by atoms with E-state index < -0.39 is 57.3 Å². The lowest BCUT2D eigenvalue weighted by Crippen LogP contribution is -2.59. The quantitative estimate of drug-likeness (QED) is 0.325. The molecule has 4 amide bonds. The van der Waals surface area contributed by atoms with Crippen molar-refractivity contribution in [1.82, 2.24) is 25.0 Å². The van der Waals surface area contributed by atoms with Crippen LogP contribution < -0.4 is 20.1 Å². The molecule has 1 aromatic carbocycles. The van der Waals surface area contributed by atoms with Gasteiger partial charge in [-0.2, -0.15) is 13.1 Å². The molecule has 0 radical (unpaired) electrons. The summed E-state index contributed by atoms with van der Waals surface area (Å²) >= 11 is 6.00. The second-order valence-corrected chi connectivity index (χ2v) is 14.9. The SMILES string of the molecule is CC(C)(C)OC(=O)N[C@H]1CCCCC/C=C\[C@H]2C[C@@]2(C(=O)NS(=O)(=O)NCCc2cccc(Cl)c2)NC(=O)[C@@H]2CCCN2C1=O. The number of halogens is 1. The van der Waals surface area contributed by atoms with Gasteiger partial charge in [0.1, 0.15) is 23.2 Å². The van der Waals surface area contributed by atoms with Crippen LogP contribution in [-0.4, -0.2) is 73.4 Å². The minimum absolute atomic E-state index is 0.0310. The first-order valence-corrected chi connectivity index (χ1v) is 17.4. The molecule has 2 heterocycles. The number of fused-ring (bicyclic) bond motifs is 2. The first-order chi connectivity index (χ1) is 21.2. The summed E-state index contributed by atoms with van der Waals surface area (Å²) in [6.07, 6.45) is 8.01. The second kappa shape index (κ2) is 14.5. The molecule has 1 saturated heterocycles. The lowest BCUT2D eigenvalue weighted by atomic mass is 10.0. The number of ether oxygens (including phenoxy) is 1. The highest BCUT2D eigenvalue weighted by Gasteiger charge is 2.61. The van der Waals surface area contributed by atoms with E-state index in [1.54, 1.807) is 39.0 Å². The van der Waals surface area contributed by atoms with Gasteiger partial charge in [0.2, 0.25) is 11.8 Å². The van der Waals surface area contributed by atoms with Crippen LogP contribution >= 0.6 is 11.6 Å². The summed E-state index contributed by atoms with van der Waals surface area (Å²) in [5.74, 6) is -2.17. The summed E-state index contributed by atoms with van der Waals surface area (Å²) in [7, 11) is -4.24. The summed E-state index contributed by atoms with van der Waals surface area (Å²) in [6.45, 7) is 5.55. The molecule has 45 heavy (non-hydrogen) atoms. The summed E-state index contributed by atoms with van der Waals surface area (Å²) < 4.78 is 35.5. The van der Waals surface area contributed by atoms with Gasteiger partial charge in [-0.3, -0.25) is 14.4 Å².